The normalized spacial score (nSPS) is 12.7. The van der Waals surface area contributed by atoms with E-state index in [1.807, 2.05) is 12.4 Å². The summed E-state index contributed by atoms with van der Waals surface area (Å²) in [5.41, 5.74) is 1.15. The van der Waals surface area contributed by atoms with Gasteiger partial charge in [-0.15, -0.1) is 0 Å². The molecule has 0 aliphatic heterocycles. The molecule has 0 fully saturated rings. The van der Waals surface area contributed by atoms with E-state index in [9.17, 15) is 0 Å². The molecule has 1 N–H and O–H groups in total. The zero-order valence-electron chi connectivity index (χ0n) is 9.74. The molecule has 0 aliphatic carbocycles. The van der Waals surface area contributed by atoms with Crippen molar-refractivity contribution in [2.45, 2.75) is 52.1 Å². The van der Waals surface area contributed by atoms with Crippen molar-refractivity contribution in [3.05, 3.63) is 24.3 Å². The molecule has 0 amide bonds. The fraction of sp³-hybridized carbons (Fsp3) is 0.667. The topological polar surface area (TPSA) is 37.8 Å². The molecule has 1 aromatic rings. The summed E-state index contributed by atoms with van der Waals surface area (Å²) in [5.74, 6) is 0. The van der Waals surface area contributed by atoms with Gasteiger partial charge in [-0.25, -0.2) is 9.97 Å². The molecule has 1 heterocycles. The van der Waals surface area contributed by atoms with Crippen LogP contribution in [0.1, 0.15) is 45.1 Å². The van der Waals surface area contributed by atoms with Crippen molar-refractivity contribution < 1.29 is 0 Å². The van der Waals surface area contributed by atoms with Crippen LogP contribution in [0.15, 0.2) is 18.7 Å². The molecule has 0 saturated carbocycles. The molecule has 0 bridgehead atoms. The van der Waals surface area contributed by atoms with Gasteiger partial charge in [0, 0.05) is 30.5 Å². The largest absolute Gasteiger partial charge is 0.310 e. The van der Waals surface area contributed by atoms with Crippen LogP contribution in [-0.2, 0) is 6.54 Å². The Balaban J connectivity index is 2.14. The Morgan fingerprint density at radius 3 is 2.67 bits per heavy atom. The molecule has 1 aromatic heterocycles. The molecule has 0 aromatic carbocycles. The number of nitrogens with one attached hydrogen (secondary N) is 1. The van der Waals surface area contributed by atoms with Gasteiger partial charge in [-0.1, -0.05) is 26.2 Å². The van der Waals surface area contributed by atoms with Gasteiger partial charge < -0.3 is 5.32 Å². The number of unbranched alkanes of at least 4 members (excludes halogenated alkanes) is 2. The Bertz CT molecular complexity index is 248. The van der Waals surface area contributed by atoms with Crippen molar-refractivity contribution in [2.75, 3.05) is 0 Å². The van der Waals surface area contributed by atoms with Crippen molar-refractivity contribution in [3.63, 3.8) is 0 Å². The average Bonchev–Trinajstić information content (AvgIpc) is 2.28. The highest BCUT2D eigenvalue weighted by Crippen LogP contribution is 2.03. The van der Waals surface area contributed by atoms with Crippen LogP contribution >= 0.6 is 0 Å². The maximum atomic E-state index is 3.99. The van der Waals surface area contributed by atoms with Crippen LogP contribution in [-0.4, -0.2) is 16.0 Å². The lowest BCUT2D eigenvalue weighted by Gasteiger charge is -2.12. The van der Waals surface area contributed by atoms with E-state index in [-0.39, 0.29) is 0 Å². The molecule has 0 saturated heterocycles. The zero-order chi connectivity index (χ0) is 10.9. The highest BCUT2D eigenvalue weighted by molar-refractivity contribution is 5.01. The molecule has 1 atom stereocenters. The summed E-state index contributed by atoms with van der Waals surface area (Å²) in [7, 11) is 0. The van der Waals surface area contributed by atoms with Crippen LogP contribution in [0, 0.1) is 0 Å². The second-order valence-corrected chi connectivity index (χ2v) is 4.02. The minimum absolute atomic E-state index is 0.580. The molecule has 15 heavy (non-hydrogen) atoms. The minimum atomic E-state index is 0.580. The van der Waals surface area contributed by atoms with E-state index in [0.717, 1.165) is 12.1 Å². The molecular formula is C12H21N3. The summed E-state index contributed by atoms with van der Waals surface area (Å²) in [6.07, 6.45) is 10.5. The van der Waals surface area contributed by atoms with Crippen molar-refractivity contribution >= 4 is 0 Å². The Hall–Kier alpha value is -0.960. The number of rotatable bonds is 7. The summed E-state index contributed by atoms with van der Waals surface area (Å²) >= 11 is 0. The summed E-state index contributed by atoms with van der Waals surface area (Å²) < 4.78 is 0. The second kappa shape index (κ2) is 7.35. The molecular weight excluding hydrogens is 186 g/mol. The molecule has 84 valence electrons. The standard InChI is InChI=1S/C12H21N3/c1-3-4-5-6-11(2)15-9-12-7-13-10-14-8-12/h7-8,10-11,15H,3-6,9H2,1-2H3. The predicted octanol–water partition coefficient (Wildman–Crippen LogP) is 2.54. The first-order chi connectivity index (χ1) is 7.33. The van der Waals surface area contributed by atoms with Gasteiger partial charge in [0.1, 0.15) is 6.33 Å². The predicted molar refractivity (Wildman–Crippen MR) is 62.5 cm³/mol. The highest BCUT2D eigenvalue weighted by Gasteiger charge is 2.00. The molecule has 0 aliphatic rings. The van der Waals surface area contributed by atoms with Crippen molar-refractivity contribution in [1.82, 2.24) is 15.3 Å². The number of nitrogens with zero attached hydrogens (tertiary/aromatic N) is 2. The molecule has 1 unspecified atom stereocenters. The van der Waals surface area contributed by atoms with Gasteiger partial charge in [0.2, 0.25) is 0 Å². The van der Waals surface area contributed by atoms with Gasteiger partial charge in [-0.3, -0.25) is 0 Å². The van der Waals surface area contributed by atoms with Gasteiger partial charge in [0.05, 0.1) is 0 Å². The summed E-state index contributed by atoms with van der Waals surface area (Å²) in [6, 6.07) is 0.580. The highest BCUT2D eigenvalue weighted by atomic mass is 14.9. The SMILES string of the molecule is CCCCCC(C)NCc1cncnc1. The van der Waals surface area contributed by atoms with E-state index >= 15 is 0 Å². The first kappa shape index (κ1) is 12.1. The molecule has 0 spiro atoms. The lowest BCUT2D eigenvalue weighted by Crippen LogP contribution is -2.25. The third kappa shape index (κ3) is 5.47. The van der Waals surface area contributed by atoms with Gasteiger partial charge in [-0.05, 0) is 13.3 Å². The van der Waals surface area contributed by atoms with Gasteiger partial charge in [0.15, 0.2) is 0 Å². The van der Waals surface area contributed by atoms with Gasteiger partial charge in [-0.2, -0.15) is 0 Å². The number of aromatic nitrogens is 2. The number of hydrogen-bond acceptors (Lipinski definition) is 3. The van der Waals surface area contributed by atoms with Crippen LogP contribution in [0.25, 0.3) is 0 Å². The van der Waals surface area contributed by atoms with Crippen LogP contribution in [0.2, 0.25) is 0 Å². The van der Waals surface area contributed by atoms with E-state index in [4.69, 9.17) is 0 Å². The van der Waals surface area contributed by atoms with Crippen molar-refractivity contribution in [1.29, 1.82) is 0 Å². The van der Waals surface area contributed by atoms with Crippen LogP contribution in [0.4, 0.5) is 0 Å². The second-order valence-electron chi connectivity index (χ2n) is 4.02. The molecule has 3 nitrogen and oxygen atoms in total. The maximum Gasteiger partial charge on any atom is 0.115 e. The fourth-order valence-corrected chi connectivity index (χ4v) is 1.52. The monoisotopic (exact) mass is 207 g/mol. The van der Waals surface area contributed by atoms with Crippen LogP contribution in [0.5, 0.6) is 0 Å². The lowest BCUT2D eigenvalue weighted by molar-refractivity contribution is 0.486. The first-order valence-electron chi connectivity index (χ1n) is 5.80. The maximum absolute atomic E-state index is 3.99. The Morgan fingerprint density at radius 2 is 2.00 bits per heavy atom. The minimum Gasteiger partial charge on any atom is -0.310 e. The Kier molecular flexibility index (Phi) is 5.93. The lowest BCUT2D eigenvalue weighted by atomic mass is 10.1. The summed E-state index contributed by atoms with van der Waals surface area (Å²) in [5, 5.41) is 3.48. The zero-order valence-corrected chi connectivity index (χ0v) is 9.74. The van der Waals surface area contributed by atoms with E-state index in [2.05, 4.69) is 29.1 Å². The average molecular weight is 207 g/mol. The van der Waals surface area contributed by atoms with E-state index in [1.54, 1.807) is 6.33 Å². The smallest absolute Gasteiger partial charge is 0.115 e. The molecule has 0 radical (unpaired) electrons. The van der Waals surface area contributed by atoms with Crippen molar-refractivity contribution in [2.24, 2.45) is 0 Å². The van der Waals surface area contributed by atoms with Crippen molar-refractivity contribution in [3.8, 4) is 0 Å². The van der Waals surface area contributed by atoms with E-state index in [1.165, 1.54) is 25.7 Å². The third-order valence-electron chi connectivity index (χ3n) is 2.51. The molecule has 3 heteroatoms. The quantitative estimate of drug-likeness (QED) is 0.698. The summed E-state index contributed by atoms with van der Waals surface area (Å²) in [4.78, 5) is 7.97. The third-order valence-corrected chi connectivity index (χ3v) is 2.51. The van der Waals surface area contributed by atoms with Gasteiger partial charge in [0.25, 0.3) is 0 Å². The number of hydrogen-bond donors (Lipinski definition) is 1. The van der Waals surface area contributed by atoms with Gasteiger partial charge >= 0.3 is 0 Å². The molecule has 1 rings (SSSR count). The summed E-state index contributed by atoms with van der Waals surface area (Å²) in [6.45, 7) is 5.34. The van der Waals surface area contributed by atoms with E-state index < -0.39 is 0 Å². The first-order valence-corrected chi connectivity index (χ1v) is 5.80. The fourth-order valence-electron chi connectivity index (χ4n) is 1.52. The van der Waals surface area contributed by atoms with Crippen LogP contribution < -0.4 is 5.32 Å². The van der Waals surface area contributed by atoms with Crippen LogP contribution in [0.3, 0.4) is 0 Å². The van der Waals surface area contributed by atoms with E-state index in [0.29, 0.717) is 6.04 Å². The Labute approximate surface area is 92.3 Å². The Morgan fingerprint density at radius 1 is 1.27 bits per heavy atom.